The molecule has 0 saturated carbocycles. The third kappa shape index (κ3) is 2.36. The summed E-state index contributed by atoms with van der Waals surface area (Å²) in [5.74, 6) is -1.55. The van der Waals surface area contributed by atoms with Crippen molar-refractivity contribution in [2.45, 2.75) is 0 Å². The summed E-state index contributed by atoms with van der Waals surface area (Å²) in [7, 11) is -2.35. The summed E-state index contributed by atoms with van der Waals surface area (Å²) in [6.07, 6.45) is 0. The minimum atomic E-state index is -2.35. The van der Waals surface area contributed by atoms with Crippen LogP contribution in [-0.2, 0) is 4.79 Å². The first-order chi connectivity index (χ1) is 6.13. The van der Waals surface area contributed by atoms with Gasteiger partial charge in [-0.1, -0.05) is 18.2 Å². The molecule has 0 aliphatic heterocycles. The van der Waals surface area contributed by atoms with Crippen LogP contribution < -0.4 is 10.2 Å². The minimum absolute atomic E-state index is 0.303. The van der Waals surface area contributed by atoms with E-state index in [1.54, 1.807) is 18.2 Å². The Morgan fingerprint density at radius 3 is 2.23 bits per heavy atom. The van der Waals surface area contributed by atoms with Gasteiger partial charge >= 0.3 is 11.4 Å². The number of carbonyl (C=O) groups is 1. The molecule has 1 aromatic rings. The van der Waals surface area contributed by atoms with Crippen LogP contribution >= 0.6 is 7.77 Å². The van der Waals surface area contributed by atoms with E-state index in [4.69, 9.17) is 10.2 Å². The second-order valence-electron chi connectivity index (χ2n) is 2.26. The number of aliphatic carboxylic acids is 1. The van der Waals surface area contributed by atoms with Crippen molar-refractivity contribution in [1.29, 1.82) is 0 Å². The maximum absolute atomic E-state index is 11.3. The van der Waals surface area contributed by atoms with E-state index in [1.807, 2.05) is 0 Å². The molecule has 13 heavy (non-hydrogen) atoms. The Labute approximate surface area is 75.5 Å². The van der Waals surface area contributed by atoms with E-state index in [0.717, 1.165) is 0 Å². The predicted molar refractivity (Wildman–Crippen MR) is 47.6 cm³/mol. The highest BCUT2D eigenvalue weighted by Crippen LogP contribution is 2.11. The van der Waals surface area contributed by atoms with E-state index in [-0.39, 0.29) is 0 Å². The van der Waals surface area contributed by atoms with Crippen LogP contribution in [0.1, 0.15) is 0 Å². The van der Waals surface area contributed by atoms with Crippen molar-refractivity contribution in [3.05, 3.63) is 30.3 Å². The summed E-state index contributed by atoms with van der Waals surface area (Å²) < 4.78 is 0. The van der Waals surface area contributed by atoms with Gasteiger partial charge in [0.1, 0.15) is 13.1 Å². The van der Waals surface area contributed by atoms with Crippen LogP contribution in [0.4, 0.5) is 0 Å². The number of hydrogen-bond donors (Lipinski definition) is 2. The fraction of sp³-hybridized carbons (Fsp3) is 0. The molecule has 0 aliphatic rings. The van der Waals surface area contributed by atoms with Gasteiger partial charge in [-0.2, -0.15) is 0 Å². The average Bonchev–Trinajstić information content (AvgIpc) is 2.17. The van der Waals surface area contributed by atoms with Crippen LogP contribution in [-0.4, -0.2) is 21.7 Å². The van der Waals surface area contributed by atoms with Crippen molar-refractivity contribution in [2.24, 2.45) is 0 Å². The van der Waals surface area contributed by atoms with Gasteiger partial charge in [-0.3, -0.25) is 0 Å². The number of carboxylic acids is 1. The molecule has 0 heterocycles. The number of benzene rings is 1. The molecule has 68 valence electrons. The molecule has 0 radical (unpaired) electrons. The van der Waals surface area contributed by atoms with Crippen LogP contribution in [0.2, 0.25) is 0 Å². The molecule has 2 N–H and O–H groups in total. The number of carboxylic acid groups (broad SMARTS) is 1. The molecular formula is C8H7O4P. The van der Waals surface area contributed by atoms with E-state index in [9.17, 15) is 9.69 Å². The van der Waals surface area contributed by atoms with Gasteiger partial charge in [0.2, 0.25) is 0 Å². The van der Waals surface area contributed by atoms with Crippen LogP contribution in [0.25, 0.3) is 0 Å². The molecule has 1 aromatic carbocycles. The van der Waals surface area contributed by atoms with Crippen LogP contribution in [0.3, 0.4) is 0 Å². The lowest BCUT2D eigenvalue weighted by Gasteiger charge is -1.97. The van der Waals surface area contributed by atoms with E-state index in [2.05, 4.69) is 0 Å². The standard InChI is InChI=1S/C8H7O4P/c9-7(10)8(11)13(12)6-4-2-1-3-5-6/h1-5,11H,(H,9,10). The molecular weight excluding hydrogens is 191 g/mol. The van der Waals surface area contributed by atoms with Crippen molar-refractivity contribution in [3.8, 4) is 0 Å². The largest absolute Gasteiger partial charge is 0.624 e. The molecule has 5 heteroatoms. The summed E-state index contributed by atoms with van der Waals surface area (Å²) >= 11 is 0. The molecule has 1 unspecified atom stereocenters. The first kappa shape index (κ1) is 9.86. The molecule has 0 saturated heterocycles. The first-order valence-electron chi connectivity index (χ1n) is 3.44. The fourth-order valence-corrected chi connectivity index (χ4v) is 1.63. The molecule has 0 aliphatic carbocycles. The normalized spacial score (nSPS) is 12.2. The van der Waals surface area contributed by atoms with Crippen molar-refractivity contribution >= 4 is 24.5 Å². The van der Waals surface area contributed by atoms with E-state index in [0.29, 0.717) is 5.30 Å². The molecule has 0 amide bonds. The zero-order valence-corrected chi connectivity index (χ0v) is 7.44. The second kappa shape index (κ2) is 4.14. The van der Waals surface area contributed by atoms with E-state index < -0.39 is 19.2 Å². The van der Waals surface area contributed by atoms with Gasteiger partial charge in [0, 0.05) is 0 Å². The van der Waals surface area contributed by atoms with E-state index in [1.165, 1.54) is 12.1 Å². The molecule has 1 rings (SSSR count). The quantitative estimate of drug-likeness (QED) is 0.637. The zero-order valence-electron chi connectivity index (χ0n) is 6.54. The summed E-state index contributed by atoms with van der Waals surface area (Å²) in [5.41, 5.74) is -1.01. The molecule has 1 atom stereocenters. The average molecular weight is 198 g/mol. The number of aliphatic hydroxyl groups is 1. The lowest BCUT2D eigenvalue weighted by Crippen LogP contribution is -2.18. The Balaban J connectivity index is 3.11. The van der Waals surface area contributed by atoms with Crippen molar-refractivity contribution in [2.75, 3.05) is 0 Å². The van der Waals surface area contributed by atoms with Gasteiger partial charge in [0.25, 0.3) is 0 Å². The van der Waals surface area contributed by atoms with Crippen molar-refractivity contribution < 1.29 is 19.9 Å². The van der Waals surface area contributed by atoms with Gasteiger partial charge in [-0.25, -0.2) is 4.79 Å². The third-order valence-corrected chi connectivity index (χ3v) is 2.72. The summed E-state index contributed by atoms with van der Waals surface area (Å²) in [4.78, 5) is 21.5. The Morgan fingerprint density at radius 1 is 1.23 bits per heavy atom. The van der Waals surface area contributed by atoms with Gasteiger partial charge in [-0.05, 0) is 12.1 Å². The molecule has 0 bridgehead atoms. The number of aliphatic hydroxyl groups excluding tert-OH is 1. The van der Waals surface area contributed by atoms with Gasteiger partial charge in [0.05, 0.1) is 0 Å². The monoisotopic (exact) mass is 198 g/mol. The van der Waals surface area contributed by atoms with E-state index >= 15 is 0 Å². The van der Waals surface area contributed by atoms with Crippen molar-refractivity contribution in [1.82, 2.24) is 0 Å². The zero-order chi connectivity index (χ0) is 9.84. The fourth-order valence-electron chi connectivity index (χ4n) is 0.773. The second-order valence-corrected chi connectivity index (χ2v) is 3.79. The minimum Gasteiger partial charge on any atom is -0.624 e. The Bertz CT molecular complexity index is 344. The molecule has 4 nitrogen and oxygen atoms in total. The highest BCUT2D eigenvalue weighted by molar-refractivity contribution is 7.61. The van der Waals surface area contributed by atoms with Gasteiger partial charge < -0.3 is 15.1 Å². The van der Waals surface area contributed by atoms with Crippen LogP contribution in [0.15, 0.2) is 30.3 Å². The predicted octanol–water partition coefficient (Wildman–Crippen LogP) is -0.344. The summed E-state index contributed by atoms with van der Waals surface area (Å²) in [6, 6.07) is 7.95. The smallest absolute Gasteiger partial charge is 0.404 e. The number of hydrogen-bond acceptors (Lipinski definition) is 2. The maximum atomic E-state index is 11.3. The Hall–Kier alpha value is -1.22. The topological polar surface area (TPSA) is 80.6 Å². The van der Waals surface area contributed by atoms with Crippen LogP contribution in [0, 0.1) is 0 Å². The van der Waals surface area contributed by atoms with Gasteiger partial charge in [-0.15, -0.1) is 0 Å². The highest BCUT2D eigenvalue weighted by atomic mass is 31.1. The molecule has 0 spiro atoms. The first-order valence-corrected chi connectivity index (χ1v) is 4.70. The van der Waals surface area contributed by atoms with Gasteiger partial charge in [0.15, 0.2) is 0 Å². The summed E-state index contributed by atoms with van der Waals surface area (Å²) in [5, 5.41) is 17.5. The number of rotatable bonds is 2. The maximum Gasteiger partial charge on any atom is 0.404 e. The summed E-state index contributed by atoms with van der Waals surface area (Å²) in [6.45, 7) is 0. The van der Waals surface area contributed by atoms with Crippen molar-refractivity contribution in [3.63, 3.8) is 0 Å². The molecule has 0 fully saturated rings. The lowest BCUT2D eigenvalue weighted by atomic mass is 10.4. The molecule has 0 aromatic heterocycles. The Kier molecular flexibility index (Phi) is 3.14. The highest BCUT2D eigenvalue weighted by Gasteiger charge is 2.17. The third-order valence-electron chi connectivity index (χ3n) is 1.37. The lowest BCUT2D eigenvalue weighted by molar-refractivity contribution is -0.150. The SMILES string of the molecule is O=C(O)/C(O)=[P+](\[O-])c1ccccc1. The van der Waals surface area contributed by atoms with Crippen LogP contribution in [0.5, 0.6) is 0 Å². The Morgan fingerprint density at radius 2 is 1.77 bits per heavy atom.